The second-order valence-corrected chi connectivity index (χ2v) is 5.91. The van der Waals surface area contributed by atoms with Gasteiger partial charge in [-0.25, -0.2) is 18.6 Å². The Balaban J connectivity index is 2.36. The molecule has 0 spiro atoms. The van der Waals surface area contributed by atoms with Gasteiger partial charge in [0, 0.05) is 19.7 Å². The van der Waals surface area contributed by atoms with E-state index < -0.39 is 24.0 Å². The quantitative estimate of drug-likeness (QED) is 0.669. The number of carbonyl (C=O) groups is 1. The molecule has 0 aromatic carbocycles. The minimum atomic E-state index is -3.15. The number of anilines is 1. The van der Waals surface area contributed by atoms with E-state index in [-0.39, 0.29) is 30.2 Å². The summed E-state index contributed by atoms with van der Waals surface area (Å²) in [4.78, 5) is 17.3. The number of halogens is 3. The zero-order chi connectivity index (χ0) is 17.2. The Morgan fingerprint density at radius 2 is 2.30 bits per heavy atom. The third-order valence-electron chi connectivity index (χ3n) is 4.03. The van der Waals surface area contributed by atoms with Gasteiger partial charge in [-0.3, -0.25) is 0 Å². The van der Waals surface area contributed by atoms with Gasteiger partial charge in [-0.05, 0) is 25.8 Å². The number of aliphatic hydroxyl groups is 1. The predicted octanol–water partition coefficient (Wildman–Crippen LogP) is 2.90. The molecule has 23 heavy (non-hydrogen) atoms. The summed E-state index contributed by atoms with van der Waals surface area (Å²) in [7, 11) is 1.55. The molecule has 1 aromatic rings. The van der Waals surface area contributed by atoms with Crippen LogP contribution in [-0.4, -0.2) is 47.8 Å². The molecular formula is C15H19ClF2N2O3. The molecule has 0 aliphatic heterocycles. The van der Waals surface area contributed by atoms with E-state index >= 15 is 0 Å². The third kappa shape index (κ3) is 3.72. The smallest absolute Gasteiger partial charge is 0.341 e. The lowest BCUT2D eigenvalue weighted by Gasteiger charge is -2.40. The van der Waals surface area contributed by atoms with Gasteiger partial charge in [-0.1, -0.05) is 11.6 Å². The fourth-order valence-corrected chi connectivity index (χ4v) is 2.95. The number of aliphatic hydroxyl groups excluding tert-OH is 1. The number of aromatic nitrogens is 1. The molecule has 2 atom stereocenters. The highest BCUT2D eigenvalue weighted by atomic mass is 35.5. The summed E-state index contributed by atoms with van der Waals surface area (Å²) in [5, 5.41) is 10.1. The molecule has 0 unspecified atom stereocenters. The summed E-state index contributed by atoms with van der Waals surface area (Å²) in [6, 6.07) is 0.582. The van der Waals surface area contributed by atoms with E-state index in [0.717, 1.165) is 0 Å². The number of hydrogen-bond acceptors (Lipinski definition) is 5. The second kappa shape index (κ2) is 6.97. The summed E-state index contributed by atoms with van der Waals surface area (Å²) < 4.78 is 32.5. The van der Waals surface area contributed by atoms with Crippen molar-refractivity contribution >= 4 is 23.3 Å². The van der Waals surface area contributed by atoms with Crippen LogP contribution in [0.25, 0.3) is 0 Å². The number of hydrogen-bond donors (Lipinski definition) is 1. The van der Waals surface area contributed by atoms with Crippen LogP contribution in [0.4, 0.5) is 14.5 Å². The van der Waals surface area contributed by atoms with Crippen LogP contribution in [0.1, 0.15) is 36.5 Å². The lowest BCUT2D eigenvalue weighted by atomic mass is 9.88. The molecule has 2 rings (SSSR count). The van der Waals surface area contributed by atoms with Crippen molar-refractivity contribution in [2.45, 2.75) is 44.3 Å². The largest absolute Gasteiger partial charge is 0.462 e. The van der Waals surface area contributed by atoms with Crippen molar-refractivity contribution in [3.05, 3.63) is 23.0 Å². The average Bonchev–Trinajstić information content (AvgIpc) is 2.49. The number of alkyl halides is 2. The van der Waals surface area contributed by atoms with E-state index in [1.54, 1.807) is 14.0 Å². The maximum Gasteiger partial charge on any atom is 0.341 e. The van der Waals surface area contributed by atoms with Crippen LogP contribution in [0, 0.1) is 0 Å². The molecule has 1 aliphatic rings. The summed E-state index contributed by atoms with van der Waals surface area (Å²) in [6.45, 7) is 1.84. The fraction of sp³-hybridized carbons (Fsp3) is 0.600. The van der Waals surface area contributed by atoms with Crippen LogP contribution < -0.4 is 4.90 Å². The SMILES string of the molecule is CCOC(=O)c1cnc(Cl)cc1N(C)[C@H]1CCCC(F)(F)[C@@H]1O. The number of carbonyl (C=O) groups excluding carboxylic acids is 1. The third-order valence-corrected chi connectivity index (χ3v) is 4.24. The van der Waals surface area contributed by atoms with Crippen LogP contribution in [0.2, 0.25) is 5.15 Å². The van der Waals surface area contributed by atoms with E-state index in [4.69, 9.17) is 16.3 Å². The van der Waals surface area contributed by atoms with E-state index in [2.05, 4.69) is 4.98 Å². The lowest BCUT2D eigenvalue weighted by Crippen LogP contribution is -2.53. The van der Waals surface area contributed by atoms with E-state index in [9.17, 15) is 18.7 Å². The number of pyridine rings is 1. The molecule has 1 fully saturated rings. The first-order valence-electron chi connectivity index (χ1n) is 7.39. The normalized spacial score (nSPS) is 23.4. The highest BCUT2D eigenvalue weighted by Crippen LogP contribution is 2.37. The van der Waals surface area contributed by atoms with E-state index in [0.29, 0.717) is 12.1 Å². The zero-order valence-corrected chi connectivity index (χ0v) is 13.7. The Bertz CT molecular complexity index is 586. The van der Waals surface area contributed by atoms with Gasteiger partial charge >= 0.3 is 5.97 Å². The Morgan fingerprint density at radius 1 is 1.61 bits per heavy atom. The van der Waals surface area contributed by atoms with Crippen LogP contribution in [0.5, 0.6) is 0 Å². The molecule has 1 aliphatic carbocycles. The van der Waals surface area contributed by atoms with Crippen LogP contribution in [0.3, 0.4) is 0 Å². The second-order valence-electron chi connectivity index (χ2n) is 5.52. The molecule has 1 aromatic heterocycles. The molecule has 1 N–H and O–H groups in total. The molecule has 128 valence electrons. The highest BCUT2D eigenvalue weighted by Gasteiger charge is 2.47. The average molecular weight is 349 g/mol. The molecule has 5 nitrogen and oxygen atoms in total. The van der Waals surface area contributed by atoms with Crippen molar-refractivity contribution in [1.82, 2.24) is 4.98 Å². The maximum atomic E-state index is 13.8. The summed E-state index contributed by atoms with van der Waals surface area (Å²) in [5.74, 6) is -3.77. The first-order chi connectivity index (χ1) is 10.8. The maximum absolute atomic E-state index is 13.8. The fourth-order valence-electron chi connectivity index (χ4n) is 2.80. The minimum absolute atomic E-state index is 0.122. The highest BCUT2D eigenvalue weighted by molar-refractivity contribution is 6.29. The van der Waals surface area contributed by atoms with Crippen LogP contribution in [-0.2, 0) is 4.74 Å². The topological polar surface area (TPSA) is 62.7 Å². The standard InChI is InChI=1S/C15H19ClF2N2O3/c1-3-23-14(22)9-8-19-12(16)7-11(9)20(2)10-5-4-6-15(17,18)13(10)21/h7-8,10,13,21H,3-6H2,1-2H3/t10-,13+/m0/s1. The Kier molecular flexibility index (Phi) is 5.41. The predicted molar refractivity (Wildman–Crippen MR) is 82.2 cm³/mol. The van der Waals surface area contributed by atoms with Crippen molar-refractivity contribution in [3.63, 3.8) is 0 Å². The Hall–Kier alpha value is -1.47. The molecular weight excluding hydrogens is 330 g/mol. The summed E-state index contributed by atoms with van der Waals surface area (Å²) in [6.07, 6.45) is -0.245. The molecule has 0 bridgehead atoms. The molecule has 0 saturated heterocycles. The van der Waals surface area contributed by atoms with Crippen LogP contribution >= 0.6 is 11.6 Å². The first-order valence-corrected chi connectivity index (χ1v) is 7.77. The first kappa shape index (κ1) is 17.9. The number of rotatable bonds is 4. The van der Waals surface area contributed by atoms with Crippen molar-refractivity contribution < 1.29 is 23.4 Å². The van der Waals surface area contributed by atoms with Gasteiger partial charge in [0.05, 0.1) is 18.3 Å². The zero-order valence-electron chi connectivity index (χ0n) is 12.9. The number of esters is 1. The van der Waals surface area contributed by atoms with Gasteiger partial charge in [0.15, 0.2) is 0 Å². The van der Waals surface area contributed by atoms with Crippen molar-refractivity contribution in [2.75, 3.05) is 18.6 Å². The Labute approximate surface area is 138 Å². The van der Waals surface area contributed by atoms with E-state index in [1.807, 2.05) is 0 Å². The van der Waals surface area contributed by atoms with Gasteiger partial charge in [0.2, 0.25) is 0 Å². The Morgan fingerprint density at radius 3 is 2.96 bits per heavy atom. The van der Waals surface area contributed by atoms with Crippen molar-refractivity contribution in [3.8, 4) is 0 Å². The van der Waals surface area contributed by atoms with Crippen molar-refractivity contribution in [2.24, 2.45) is 0 Å². The molecule has 1 heterocycles. The lowest BCUT2D eigenvalue weighted by molar-refractivity contribution is -0.138. The monoisotopic (exact) mass is 348 g/mol. The minimum Gasteiger partial charge on any atom is -0.462 e. The van der Waals surface area contributed by atoms with Crippen LogP contribution in [0.15, 0.2) is 12.3 Å². The van der Waals surface area contributed by atoms with Gasteiger partial charge in [-0.2, -0.15) is 0 Å². The van der Waals surface area contributed by atoms with Gasteiger partial charge in [0.1, 0.15) is 16.8 Å². The van der Waals surface area contributed by atoms with Gasteiger partial charge < -0.3 is 14.7 Å². The van der Waals surface area contributed by atoms with Crippen molar-refractivity contribution in [1.29, 1.82) is 0 Å². The molecule has 8 heteroatoms. The molecule has 0 amide bonds. The van der Waals surface area contributed by atoms with E-state index in [1.165, 1.54) is 17.2 Å². The molecule has 0 radical (unpaired) electrons. The number of likely N-dealkylation sites (N-methyl/N-ethyl adjacent to an activating group) is 1. The summed E-state index contributed by atoms with van der Waals surface area (Å²) >= 11 is 5.87. The van der Waals surface area contributed by atoms with Gasteiger partial charge in [0.25, 0.3) is 5.92 Å². The summed E-state index contributed by atoms with van der Waals surface area (Å²) in [5.41, 5.74) is 0.435. The van der Waals surface area contributed by atoms with Gasteiger partial charge in [-0.15, -0.1) is 0 Å². The number of ether oxygens (including phenoxy) is 1. The molecule has 1 saturated carbocycles. The number of nitrogens with zero attached hydrogens (tertiary/aromatic N) is 2.